The van der Waals surface area contributed by atoms with E-state index in [1.807, 2.05) is 37.3 Å². The van der Waals surface area contributed by atoms with Crippen molar-refractivity contribution in [2.24, 2.45) is 0 Å². The summed E-state index contributed by atoms with van der Waals surface area (Å²) in [4.78, 5) is 11.3. The van der Waals surface area contributed by atoms with Gasteiger partial charge in [0.15, 0.2) is 6.10 Å². The van der Waals surface area contributed by atoms with Gasteiger partial charge in [-0.15, -0.1) is 11.6 Å². The minimum atomic E-state index is -0.478. The fourth-order valence-corrected chi connectivity index (χ4v) is 2.05. The Morgan fingerprint density at radius 2 is 2.05 bits per heavy atom. The Morgan fingerprint density at radius 1 is 1.33 bits per heavy atom. The van der Waals surface area contributed by atoms with Gasteiger partial charge in [0.25, 0.3) is 0 Å². The fourth-order valence-electron chi connectivity index (χ4n) is 1.99. The molecule has 3 atom stereocenters. The van der Waals surface area contributed by atoms with Crippen LogP contribution >= 0.6 is 11.6 Å². The molecule has 116 valence electrons. The van der Waals surface area contributed by atoms with Crippen molar-refractivity contribution in [3.8, 4) is 0 Å². The zero-order chi connectivity index (χ0) is 14.4. The van der Waals surface area contributed by atoms with Crippen molar-refractivity contribution in [2.75, 3.05) is 5.88 Å². The number of halogens is 1. The van der Waals surface area contributed by atoms with Gasteiger partial charge in [-0.2, -0.15) is 0 Å². The lowest BCUT2D eigenvalue weighted by Crippen LogP contribution is -2.43. The Bertz CT molecular complexity index is 461. The van der Waals surface area contributed by atoms with Gasteiger partial charge >= 0.3 is 5.97 Å². The number of benzene rings is 1. The highest BCUT2D eigenvalue weighted by Crippen LogP contribution is 2.20. The van der Waals surface area contributed by atoms with Gasteiger partial charge in [0, 0.05) is 0 Å². The Morgan fingerprint density at radius 3 is 2.71 bits per heavy atom. The summed E-state index contributed by atoms with van der Waals surface area (Å²) in [6.45, 7) is 2.31. The minimum Gasteiger partial charge on any atom is -0.496 e. The molecule has 0 spiro atoms. The SMILES string of the molecule is C.CC1OC=CC(OC(=O)CCl)C1OCc1ccccc1. The highest BCUT2D eigenvalue weighted by Gasteiger charge is 2.32. The van der Waals surface area contributed by atoms with Crippen molar-refractivity contribution in [2.45, 2.75) is 39.3 Å². The first-order valence-corrected chi connectivity index (χ1v) is 6.97. The van der Waals surface area contributed by atoms with Gasteiger partial charge in [-0.3, -0.25) is 4.79 Å². The van der Waals surface area contributed by atoms with Gasteiger partial charge in [-0.1, -0.05) is 37.8 Å². The van der Waals surface area contributed by atoms with E-state index in [9.17, 15) is 4.79 Å². The predicted octanol–water partition coefficient (Wildman–Crippen LogP) is 3.29. The topological polar surface area (TPSA) is 44.8 Å². The summed E-state index contributed by atoms with van der Waals surface area (Å²) >= 11 is 5.46. The third-order valence-electron chi connectivity index (χ3n) is 3.01. The van der Waals surface area contributed by atoms with E-state index in [4.69, 9.17) is 25.8 Å². The van der Waals surface area contributed by atoms with E-state index in [0.29, 0.717) is 6.61 Å². The molecule has 0 aliphatic carbocycles. The molecule has 0 radical (unpaired) electrons. The first-order chi connectivity index (χ1) is 9.70. The van der Waals surface area contributed by atoms with Crippen molar-refractivity contribution in [1.29, 1.82) is 0 Å². The molecule has 21 heavy (non-hydrogen) atoms. The van der Waals surface area contributed by atoms with Crippen LogP contribution in [0.1, 0.15) is 19.9 Å². The van der Waals surface area contributed by atoms with E-state index in [-0.39, 0.29) is 25.5 Å². The number of alkyl halides is 1. The maximum Gasteiger partial charge on any atom is 0.321 e. The van der Waals surface area contributed by atoms with Crippen LogP contribution in [-0.4, -0.2) is 30.2 Å². The van der Waals surface area contributed by atoms with E-state index < -0.39 is 12.1 Å². The van der Waals surface area contributed by atoms with E-state index in [1.165, 1.54) is 6.26 Å². The van der Waals surface area contributed by atoms with Crippen LogP contribution in [0, 0.1) is 0 Å². The summed E-state index contributed by atoms with van der Waals surface area (Å²) in [7, 11) is 0. The molecule has 0 aromatic heterocycles. The van der Waals surface area contributed by atoms with E-state index >= 15 is 0 Å². The summed E-state index contributed by atoms with van der Waals surface area (Å²) in [5, 5.41) is 0. The molecule has 3 unspecified atom stereocenters. The molecule has 1 aliphatic heterocycles. The molecular formula is C16H21ClO4. The largest absolute Gasteiger partial charge is 0.496 e. The minimum absolute atomic E-state index is 0. The van der Waals surface area contributed by atoms with Gasteiger partial charge in [-0.05, 0) is 18.6 Å². The molecule has 0 fully saturated rings. The molecule has 1 aromatic rings. The first kappa shape index (κ1) is 17.5. The van der Waals surface area contributed by atoms with Crippen LogP contribution in [0.15, 0.2) is 42.7 Å². The molecule has 0 bridgehead atoms. The van der Waals surface area contributed by atoms with E-state index in [0.717, 1.165) is 5.56 Å². The Balaban J connectivity index is 0.00000220. The second-order valence-corrected chi connectivity index (χ2v) is 4.79. The summed E-state index contributed by atoms with van der Waals surface area (Å²) in [6, 6.07) is 9.80. The highest BCUT2D eigenvalue weighted by molar-refractivity contribution is 6.26. The summed E-state index contributed by atoms with van der Waals surface area (Å²) in [5.74, 6) is -0.644. The van der Waals surface area contributed by atoms with Crippen LogP contribution in [-0.2, 0) is 25.6 Å². The monoisotopic (exact) mass is 312 g/mol. The Hall–Kier alpha value is -1.52. The van der Waals surface area contributed by atoms with Crippen LogP contribution in [0.5, 0.6) is 0 Å². The number of rotatable bonds is 5. The van der Waals surface area contributed by atoms with Gasteiger partial charge in [-0.25, -0.2) is 0 Å². The smallest absolute Gasteiger partial charge is 0.321 e. The lowest BCUT2D eigenvalue weighted by atomic mass is 10.1. The van der Waals surface area contributed by atoms with E-state index in [1.54, 1.807) is 6.08 Å². The third kappa shape index (κ3) is 5.06. The predicted molar refractivity (Wildman–Crippen MR) is 82.0 cm³/mol. The zero-order valence-corrected chi connectivity index (χ0v) is 12.0. The molecule has 1 aliphatic rings. The molecule has 5 heteroatoms. The van der Waals surface area contributed by atoms with Gasteiger partial charge in [0.05, 0.1) is 12.9 Å². The maximum absolute atomic E-state index is 11.3. The van der Waals surface area contributed by atoms with Gasteiger partial charge < -0.3 is 14.2 Å². The lowest BCUT2D eigenvalue weighted by molar-refractivity contribution is -0.160. The van der Waals surface area contributed by atoms with Crippen molar-refractivity contribution in [3.63, 3.8) is 0 Å². The average Bonchev–Trinajstić information content (AvgIpc) is 2.47. The fraction of sp³-hybridized carbons (Fsp3) is 0.438. The molecule has 2 rings (SSSR count). The van der Waals surface area contributed by atoms with Crippen LogP contribution in [0.3, 0.4) is 0 Å². The Kier molecular flexibility index (Phi) is 7.26. The molecular weight excluding hydrogens is 292 g/mol. The molecule has 1 heterocycles. The van der Waals surface area contributed by atoms with Crippen molar-refractivity contribution in [3.05, 3.63) is 48.2 Å². The van der Waals surface area contributed by atoms with Crippen molar-refractivity contribution in [1.82, 2.24) is 0 Å². The van der Waals surface area contributed by atoms with Crippen LogP contribution in [0.2, 0.25) is 0 Å². The number of esters is 1. The van der Waals surface area contributed by atoms with Crippen LogP contribution in [0.25, 0.3) is 0 Å². The van der Waals surface area contributed by atoms with E-state index in [2.05, 4.69) is 0 Å². The molecule has 0 amide bonds. The zero-order valence-electron chi connectivity index (χ0n) is 11.2. The lowest BCUT2D eigenvalue weighted by Gasteiger charge is -2.32. The standard InChI is InChI=1S/C15H17ClO4.CH4/c1-11-15(19-10-12-5-3-2-4-6-12)13(7-8-18-11)20-14(17)9-16;/h2-8,11,13,15H,9-10H2,1H3;1H4. The van der Waals surface area contributed by atoms with Gasteiger partial charge in [0.2, 0.25) is 0 Å². The third-order valence-corrected chi connectivity index (χ3v) is 3.23. The summed E-state index contributed by atoms with van der Waals surface area (Å²) in [5.41, 5.74) is 1.05. The summed E-state index contributed by atoms with van der Waals surface area (Å²) < 4.78 is 16.5. The molecule has 0 N–H and O–H groups in total. The quantitative estimate of drug-likeness (QED) is 0.618. The number of carbonyl (C=O) groups is 1. The number of hydrogen-bond donors (Lipinski definition) is 0. The molecule has 1 aromatic carbocycles. The second kappa shape index (κ2) is 8.70. The normalized spacial score (nSPS) is 23.8. The second-order valence-electron chi connectivity index (χ2n) is 4.52. The number of carbonyl (C=O) groups excluding carboxylic acids is 1. The van der Waals surface area contributed by atoms with Crippen LogP contribution in [0.4, 0.5) is 0 Å². The van der Waals surface area contributed by atoms with Crippen molar-refractivity contribution >= 4 is 17.6 Å². The average molecular weight is 313 g/mol. The Labute approximate surface area is 130 Å². The highest BCUT2D eigenvalue weighted by atomic mass is 35.5. The van der Waals surface area contributed by atoms with Crippen LogP contribution < -0.4 is 0 Å². The number of ether oxygens (including phenoxy) is 3. The van der Waals surface area contributed by atoms with Crippen molar-refractivity contribution < 1.29 is 19.0 Å². The molecule has 4 nitrogen and oxygen atoms in total. The number of hydrogen-bond acceptors (Lipinski definition) is 4. The first-order valence-electron chi connectivity index (χ1n) is 6.44. The maximum atomic E-state index is 11.3. The van der Waals surface area contributed by atoms with Gasteiger partial charge in [0.1, 0.15) is 18.1 Å². The molecule has 0 saturated carbocycles. The summed E-state index contributed by atoms with van der Waals surface area (Å²) in [6.07, 6.45) is 2.16. The molecule has 0 saturated heterocycles.